The Balaban J connectivity index is 1.97. The molecule has 0 N–H and O–H groups in total. The molecule has 27 heavy (non-hydrogen) atoms. The summed E-state index contributed by atoms with van der Waals surface area (Å²) in [7, 11) is 0. The zero-order chi connectivity index (χ0) is 19.7. The summed E-state index contributed by atoms with van der Waals surface area (Å²) in [6.45, 7) is 0.998. The lowest BCUT2D eigenvalue weighted by atomic mass is 9.98. The Labute approximate surface area is 151 Å². The highest BCUT2D eigenvalue weighted by Crippen LogP contribution is 2.31. The molecule has 0 saturated heterocycles. The molecule has 3 aromatic carbocycles. The minimum absolute atomic E-state index is 0.0492. The van der Waals surface area contributed by atoms with E-state index >= 15 is 0 Å². The molecule has 0 nitrogen and oxygen atoms in total. The Morgan fingerprint density at radius 2 is 1.15 bits per heavy atom. The highest BCUT2D eigenvalue weighted by Gasteiger charge is 2.15. The van der Waals surface area contributed by atoms with Crippen LogP contribution in [0, 0.1) is 23.3 Å². The smallest absolute Gasteiger partial charge is 0.194 e. The molecule has 0 aliphatic heterocycles. The van der Waals surface area contributed by atoms with Crippen molar-refractivity contribution in [2.75, 3.05) is 0 Å². The maximum absolute atomic E-state index is 14.4. The van der Waals surface area contributed by atoms with Crippen LogP contribution >= 0.6 is 0 Å². The van der Waals surface area contributed by atoms with E-state index in [2.05, 4.69) is 0 Å². The third-order valence-corrected chi connectivity index (χ3v) is 4.04. The fourth-order valence-electron chi connectivity index (χ4n) is 2.65. The van der Waals surface area contributed by atoms with Crippen molar-refractivity contribution in [2.24, 2.45) is 0 Å². The molecule has 0 amide bonds. The van der Waals surface area contributed by atoms with Crippen LogP contribution in [0.25, 0.3) is 28.1 Å². The van der Waals surface area contributed by atoms with E-state index in [4.69, 9.17) is 0 Å². The van der Waals surface area contributed by atoms with Crippen LogP contribution in [0.15, 0.2) is 60.4 Å². The fourth-order valence-corrected chi connectivity index (χ4v) is 2.65. The Morgan fingerprint density at radius 3 is 1.67 bits per heavy atom. The van der Waals surface area contributed by atoms with Crippen LogP contribution in [0.5, 0.6) is 0 Å². The van der Waals surface area contributed by atoms with E-state index in [0.717, 1.165) is 13.0 Å². The minimum atomic E-state index is -1.62. The van der Waals surface area contributed by atoms with Crippen LogP contribution in [-0.4, -0.2) is 0 Å². The van der Waals surface area contributed by atoms with Gasteiger partial charge in [-0.15, -0.1) is 0 Å². The topological polar surface area (TPSA) is 0 Å². The Kier molecular flexibility index (Phi) is 5.08. The number of hydrogen-bond donors (Lipinski definition) is 0. The van der Waals surface area contributed by atoms with Crippen molar-refractivity contribution in [2.45, 2.75) is 6.92 Å². The van der Waals surface area contributed by atoms with Crippen LogP contribution in [0.1, 0.15) is 12.5 Å². The van der Waals surface area contributed by atoms with E-state index < -0.39 is 34.9 Å². The second kappa shape index (κ2) is 7.31. The van der Waals surface area contributed by atoms with Crippen molar-refractivity contribution in [3.8, 4) is 22.3 Å². The second-order valence-corrected chi connectivity index (χ2v) is 5.87. The largest absolute Gasteiger partial charge is 0.209 e. The molecule has 0 aromatic heterocycles. The average molecular weight is 378 g/mol. The monoisotopic (exact) mass is 378 g/mol. The van der Waals surface area contributed by atoms with E-state index in [9.17, 15) is 26.3 Å². The van der Waals surface area contributed by atoms with E-state index in [1.54, 1.807) is 0 Å². The molecule has 0 bridgehead atoms. The summed E-state index contributed by atoms with van der Waals surface area (Å²) in [5, 5.41) is 0. The van der Waals surface area contributed by atoms with Crippen LogP contribution < -0.4 is 0 Å². The zero-order valence-corrected chi connectivity index (χ0v) is 14.0. The summed E-state index contributed by atoms with van der Waals surface area (Å²) in [6.07, 6.45) is 0. The quantitative estimate of drug-likeness (QED) is 0.334. The van der Waals surface area contributed by atoms with Gasteiger partial charge in [-0.05, 0) is 41.8 Å². The molecule has 3 aromatic rings. The van der Waals surface area contributed by atoms with Crippen LogP contribution in [0.2, 0.25) is 0 Å². The maximum atomic E-state index is 14.4. The van der Waals surface area contributed by atoms with Gasteiger partial charge in [-0.2, -0.15) is 0 Å². The second-order valence-electron chi connectivity index (χ2n) is 5.87. The molecular formula is C21H12F6. The SMILES string of the molecule is CC(F)=C(F)c1ccc(-c2ccc(-c3cc(F)c(F)c(F)c3)c(F)c2)cc1. The molecule has 3 rings (SSSR count). The zero-order valence-electron chi connectivity index (χ0n) is 14.0. The summed E-state index contributed by atoms with van der Waals surface area (Å²) in [6, 6.07) is 11.0. The number of hydrogen-bond acceptors (Lipinski definition) is 0. The third-order valence-electron chi connectivity index (χ3n) is 4.04. The van der Waals surface area contributed by atoms with E-state index in [1.807, 2.05) is 0 Å². The Hall–Kier alpha value is -3.02. The summed E-state index contributed by atoms with van der Waals surface area (Å²) >= 11 is 0. The Morgan fingerprint density at radius 1 is 0.630 bits per heavy atom. The molecule has 0 spiro atoms. The van der Waals surface area contributed by atoms with E-state index in [-0.39, 0.29) is 16.7 Å². The van der Waals surface area contributed by atoms with Gasteiger partial charge in [0.05, 0.1) is 0 Å². The van der Waals surface area contributed by atoms with Crippen molar-refractivity contribution >= 4 is 5.83 Å². The van der Waals surface area contributed by atoms with Gasteiger partial charge in [0, 0.05) is 11.1 Å². The van der Waals surface area contributed by atoms with Gasteiger partial charge in [-0.25, -0.2) is 26.3 Å². The highest BCUT2D eigenvalue weighted by molar-refractivity contribution is 5.72. The van der Waals surface area contributed by atoms with Crippen LogP contribution in [0.4, 0.5) is 26.3 Å². The first-order chi connectivity index (χ1) is 12.8. The lowest BCUT2D eigenvalue weighted by Gasteiger charge is -2.09. The van der Waals surface area contributed by atoms with Gasteiger partial charge in [0.2, 0.25) is 0 Å². The molecule has 0 unspecified atom stereocenters. The van der Waals surface area contributed by atoms with Gasteiger partial charge >= 0.3 is 0 Å². The van der Waals surface area contributed by atoms with Gasteiger partial charge in [-0.3, -0.25) is 0 Å². The first-order valence-electron chi connectivity index (χ1n) is 7.85. The van der Waals surface area contributed by atoms with Crippen LogP contribution in [0.3, 0.4) is 0 Å². The molecule has 0 atom stereocenters. The van der Waals surface area contributed by atoms with Crippen molar-refractivity contribution in [3.63, 3.8) is 0 Å². The van der Waals surface area contributed by atoms with Crippen LogP contribution in [-0.2, 0) is 0 Å². The summed E-state index contributed by atoms with van der Waals surface area (Å²) in [4.78, 5) is 0. The van der Waals surface area contributed by atoms with Gasteiger partial charge in [-0.1, -0.05) is 36.4 Å². The van der Waals surface area contributed by atoms with Gasteiger partial charge in [0.25, 0.3) is 0 Å². The van der Waals surface area contributed by atoms with E-state index in [0.29, 0.717) is 23.3 Å². The standard InChI is InChI=1S/C21H12F6/c1-11(22)20(26)13-4-2-12(3-5-13)14-6-7-16(17(23)8-14)15-9-18(24)21(27)19(25)10-15/h2-10H,1H3. The van der Waals surface area contributed by atoms with Gasteiger partial charge < -0.3 is 0 Å². The summed E-state index contributed by atoms with van der Waals surface area (Å²) in [5.41, 5.74) is 0.761. The van der Waals surface area contributed by atoms with Crippen molar-refractivity contribution in [1.82, 2.24) is 0 Å². The molecular weight excluding hydrogens is 366 g/mol. The van der Waals surface area contributed by atoms with Crippen molar-refractivity contribution < 1.29 is 26.3 Å². The van der Waals surface area contributed by atoms with Crippen molar-refractivity contribution in [1.29, 1.82) is 0 Å². The molecule has 0 aliphatic rings. The molecule has 0 fully saturated rings. The molecule has 138 valence electrons. The average Bonchev–Trinajstić information content (AvgIpc) is 2.65. The molecule has 0 heterocycles. The first-order valence-corrected chi connectivity index (χ1v) is 7.85. The molecule has 6 heteroatoms. The van der Waals surface area contributed by atoms with Gasteiger partial charge in [0.15, 0.2) is 23.3 Å². The molecule has 0 radical (unpaired) electrons. The number of allylic oxidation sites excluding steroid dienone is 1. The number of rotatable bonds is 3. The third kappa shape index (κ3) is 3.74. The predicted molar refractivity (Wildman–Crippen MR) is 92.0 cm³/mol. The van der Waals surface area contributed by atoms with Crippen molar-refractivity contribution in [3.05, 3.63) is 89.3 Å². The first kappa shape index (κ1) is 18.8. The lowest BCUT2D eigenvalue weighted by molar-refractivity contribution is 0.447. The normalized spacial score (nSPS) is 12.1. The molecule has 0 aliphatic carbocycles. The number of halogens is 6. The predicted octanol–water partition coefficient (Wildman–Crippen LogP) is 7.20. The fraction of sp³-hybridized carbons (Fsp3) is 0.0476. The maximum Gasteiger partial charge on any atom is 0.194 e. The molecule has 0 saturated carbocycles. The Bertz CT molecular complexity index is 1010. The van der Waals surface area contributed by atoms with E-state index in [1.165, 1.54) is 36.4 Å². The minimum Gasteiger partial charge on any atom is -0.209 e. The number of benzene rings is 3. The lowest BCUT2D eigenvalue weighted by Crippen LogP contribution is -1.94. The highest BCUT2D eigenvalue weighted by atomic mass is 19.2. The summed E-state index contributed by atoms with van der Waals surface area (Å²) in [5.74, 6) is -7.15. The van der Waals surface area contributed by atoms with Gasteiger partial charge in [0.1, 0.15) is 11.6 Å². The summed E-state index contributed by atoms with van der Waals surface area (Å²) < 4.78 is 80.7.